The van der Waals surface area contributed by atoms with E-state index in [2.05, 4.69) is 44.0 Å². The number of rotatable bonds is 4. The highest BCUT2D eigenvalue weighted by Crippen LogP contribution is 2.53. The zero-order valence-electron chi connectivity index (χ0n) is 21.1. The number of oxime groups is 1. The fraction of sp³-hybridized carbons (Fsp3) is 0.400. The van der Waals surface area contributed by atoms with Gasteiger partial charge < -0.3 is 19.4 Å². The van der Waals surface area contributed by atoms with Crippen LogP contribution in [0.25, 0.3) is 11.8 Å². The number of aliphatic hydroxyl groups is 1. The average Bonchev–Trinajstić information content (AvgIpc) is 3.30. The van der Waals surface area contributed by atoms with Crippen molar-refractivity contribution < 1.29 is 14.3 Å². The van der Waals surface area contributed by atoms with Crippen molar-refractivity contribution in [1.82, 2.24) is 14.5 Å². The second-order valence-corrected chi connectivity index (χ2v) is 11.2. The van der Waals surface area contributed by atoms with E-state index in [0.29, 0.717) is 0 Å². The van der Waals surface area contributed by atoms with Gasteiger partial charge in [-0.25, -0.2) is 9.37 Å². The summed E-state index contributed by atoms with van der Waals surface area (Å²) in [6.07, 6.45) is 12.9. The third-order valence-electron chi connectivity index (χ3n) is 9.02. The highest BCUT2D eigenvalue weighted by Gasteiger charge is 2.53. The Bertz CT molecular complexity index is 1440. The summed E-state index contributed by atoms with van der Waals surface area (Å²) >= 11 is 0. The Balaban J connectivity index is 1.31. The Morgan fingerprint density at radius 1 is 1.11 bits per heavy atom. The van der Waals surface area contributed by atoms with Gasteiger partial charge in [-0.15, -0.1) is 0 Å². The molecule has 7 heteroatoms. The van der Waals surface area contributed by atoms with Crippen LogP contribution in [-0.2, 0) is 23.2 Å². The summed E-state index contributed by atoms with van der Waals surface area (Å²) in [7, 11) is 0. The number of hydrogen-bond donors (Lipinski definition) is 1. The van der Waals surface area contributed by atoms with Crippen LogP contribution in [0.5, 0.6) is 0 Å². The van der Waals surface area contributed by atoms with Crippen LogP contribution in [0.1, 0.15) is 53.6 Å². The molecule has 1 spiro atoms. The Morgan fingerprint density at radius 3 is 2.57 bits per heavy atom. The topological polar surface area (TPSA) is 62.9 Å². The van der Waals surface area contributed by atoms with E-state index < -0.39 is 5.54 Å². The first-order valence-electron chi connectivity index (χ1n) is 13.2. The van der Waals surface area contributed by atoms with Gasteiger partial charge in [0, 0.05) is 18.4 Å². The van der Waals surface area contributed by atoms with Gasteiger partial charge in [0.15, 0.2) is 5.84 Å². The van der Waals surface area contributed by atoms with Crippen molar-refractivity contribution in [3.8, 4) is 5.69 Å². The van der Waals surface area contributed by atoms with Gasteiger partial charge in [-0.05, 0) is 96.5 Å². The van der Waals surface area contributed by atoms with Crippen LogP contribution in [0.3, 0.4) is 0 Å². The number of imidazole rings is 1. The molecule has 6 nitrogen and oxygen atoms in total. The fourth-order valence-electron chi connectivity index (χ4n) is 6.68. The molecule has 190 valence electrons. The number of aliphatic hydroxyl groups excluding tert-OH is 1. The Hall–Kier alpha value is -3.45. The lowest BCUT2D eigenvalue weighted by Crippen LogP contribution is -2.63. The number of halogens is 1. The number of hydrogen-bond acceptors (Lipinski definition) is 5. The third-order valence-corrected chi connectivity index (χ3v) is 9.02. The molecule has 1 N–H and O–H groups in total. The highest BCUT2D eigenvalue weighted by molar-refractivity contribution is 6.03. The van der Waals surface area contributed by atoms with Crippen LogP contribution in [-0.4, -0.2) is 45.2 Å². The third kappa shape index (κ3) is 3.47. The molecular weight excluding hydrogens is 467 g/mol. The maximum Gasteiger partial charge on any atom is 0.172 e. The molecule has 4 aliphatic rings. The largest absolute Gasteiger partial charge is 0.393 e. The van der Waals surface area contributed by atoms with Crippen LogP contribution >= 0.6 is 0 Å². The quantitative estimate of drug-likeness (QED) is 0.555. The number of aryl methyl sites for hydroxylation is 1. The number of amidine groups is 1. The Kier molecular flexibility index (Phi) is 5.09. The van der Waals surface area contributed by atoms with Gasteiger partial charge in [-0.2, -0.15) is 0 Å². The summed E-state index contributed by atoms with van der Waals surface area (Å²) in [6, 6.07) is 10.9. The molecule has 37 heavy (non-hydrogen) atoms. The average molecular weight is 499 g/mol. The summed E-state index contributed by atoms with van der Waals surface area (Å²) in [4.78, 5) is 12.5. The smallest absolute Gasteiger partial charge is 0.172 e. The van der Waals surface area contributed by atoms with E-state index in [1.807, 2.05) is 13.3 Å². The first-order chi connectivity index (χ1) is 18.0. The summed E-state index contributed by atoms with van der Waals surface area (Å²) in [5, 5.41) is 15.3. The first-order valence-corrected chi connectivity index (χ1v) is 13.2. The highest BCUT2D eigenvalue weighted by atomic mass is 19.1. The SMILES string of the molecule is Cc1cn(-c2ccc(/C=C3\CC4(CCC4)CN4C3=NOCC4(CO)c3ccc(F)cc3)c3c2CC3)cn1. The molecule has 0 amide bonds. The monoisotopic (exact) mass is 498 g/mol. The van der Waals surface area contributed by atoms with E-state index >= 15 is 0 Å². The van der Waals surface area contributed by atoms with E-state index in [1.165, 1.54) is 40.9 Å². The lowest BCUT2D eigenvalue weighted by atomic mass is 9.62. The number of aromatic nitrogens is 2. The summed E-state index contributed by atoms with van der Waals surface area (Å²) in [5.74, 6) is 0.508. The first kappa shape index (κ1) is 22.7. The van der Waals surface area contributed by atoms with Crippen molar-refractivity contribution in [1.29, 1.82) is 0 Å². The molecule has 0 radical (unpaired) electrons. The van der Waals surface area contributed by atoms with Crippen molar-refractivity contribution in [2.24, 2.45) is 10.6 Å². The van der Waals surface area contributed by atoms with Crippen LogP contribution in [0.15, 0.2) is 59.7 Å². The molecule has 2 aromatic carbocycles. The molecule has 1 saturated heterocycles. The van der Waals surface area contributed by atoms with Crippen LogP contribution in [0, 0.1) is 18.2 Å². The number of fused-ring (bicyclic) bond motifs is 2. The van der Waals surface area contributed by atoms with Gasteiger partial charge >= 0.3 is 0 Å². The van der Waals surface area contributed by atoms with Crippen LogP contribution in [0.2, 0.25) is 0 Å². The minimum absolute atomic E-state index is 0.130. The van der Waals surface area contributed by atoms with E-state index in [1.54, 1.807) is 12.1 Å². The summed E-state index contributed by atoms with van der Waals surface area (Å²) < 4.78 is 15.9. The molecule has 1 unspecified atom stereocenters. The molecule has 3 aromatic rings. The van der Waals surface area contributed by atoms with Crippen molar-refractivity contribution in [3.63, 3.8) is 0 Å². The zero-order valence-corrected chi connectivity index (χ0v) is 21.1. The predicted octanol–water partition coefficient (Wildman–Crippen LogP) is 4.91. The molecule has 1 saturated carbocycles. The molecule has 0 bridgehead atoms. The normalized spacial score (nSPS) is 24.6. The molecule has 2 aliphatic carbocycles. The molecule has 7 rings (SSSR count). The second-order valence-electron chi connectivity index (χ2n) is 11.2. The van der Waals surface area contributed by atoms with Gasteiger partial charge in [0.05, 0.1) is 18.6 Å². The second kappa shape index (κ2) is 8.28. The van der Waals surface area contributed by atoms with E-state index in [0.717, 1.165) is 61.3 Å². The van der Waals surface area contributed by atoms with Crippen molar-refractivity contribution in [2.45, 2.75) is 51.0 Å². The molecule has 1 aromatic heterocycles. The van der Waals surface area contributed by atoms with E-state index in [-0.39, 0.29) is 24.4 Å². The molecule has 1 atom stereocenters. The summed E-state index contributed by atoms with van der Waals surface area (Å²) in [5.41, 5.74) is 7.61. The fourth-order valence-corrected chi connectivity index (χ4v) is 6.68. The Morgan fingerprint density at radius 2 is 1.92 bits per heavy atom. The van der Waals surface area contributed by atoms with Crippen molar-refractivity contribution >= 4 is 11.9 Å². The Labute approximate surface area is 216 Å². The molecule has 2 aliphatic heterocycles. The maximum atomic E-state index is 13.8. The van der Waals surface area contributed by atoms with E-state index in [4.69, 9.17) is 4.84 Å². The number of piperidine rings is 1. The lowest BCUT2D eigenvalue weighted by Gasteiger charge is -2.57. The van der Waals surface area contributed by atoms with Crippen molar-refractivity contribution in [2.75, 3.05) is 19.8 Å². The van der Waals surface area contributed by atoms with Gasteiger partial charge in [0.25, 0.3) is 0 Å². The number of benzene rings is 2. The zero-order chi connectivity index (χ0) is 25.2. The molecular formula is C30H31FN4O2. The van der Waals surface area contributed by atoms with E-state index in [9.17, 15) is 9.50 Å². The lowest BCUT2D eigenvalue weighted by molar-refractivity contribution is -0.0666. The van der Waals surface area contributed by atoms with Gasteiger partial charge in [0.1, 0.15) is 18.0 Å². The van der Waals surface area contributed by atoms with Gasteiger partial charge in [-0.1, -0.05) is 29.8 Å². The molecule has 2 fully saturated rings. The van der Waals surface area contributed by atoms with Crippen molar-refractivity contribution in [3.05, 3.63) is 88.3 Å². The van der Waals surface area contributed by atoms with Gasteiger partial charge in [0.2, 0.25) is 0 Å². The molecule has 3 heterocycles. The number of nitrogens with zero attached hydrogens (tertiary/aromatic N) is 4. The maximum absolute atomic E-state index is 13.8. The summed E-state index contributed by atoms with van der Waals surface area (Å²) in [6.45, 7) is 2.94. The minimum Gasteiger partial charge on any atom is -0.393 e. The van der Waals surface area contributed by atoms with Crippen LogP contribution in [0.4, 0.5) is 4.39 Å². The standard InChI is InChI=1S/C30H31FN4O2/c1-20-15-34(19-32-20)27-10-3-21(25-8-9-26(25)27)13-22-14-29(11-2-12-29)16-35-28(22)33-37-18-30(35,17-36)23-4-6-24(31)7-5-23/h3-7,10,13,15,19,36H,2,8-9,11-12,14,16-18H2,1H3/b22-13+. The predicted molar refractivity (Wildman–Crippen MR) is 140 cm³/mol. The van der Waals surface area contributed by atoms with Gasteiger partial charge in [-0.3, -0.25) is 0 Å². The van der Waals surface area contributed by atoms with Crippen LogP contribution < -0.4 is 0 Å². The minimum atomic E-state index is -0.791.